The van der Waals surface area contributed by atoms with Crippen LogP contribution in [0.1, 0.15) is 0 Å². The van der Waals surface area contributed by atoms with Gasteiger partial charge in [-0.1, -0.05) is 35.9 Å². The van der Waals surface area contributed by atoms with Gasteiger partial charge in [-0.3, -0.25) is 4.79 Å². The highest BCUT2D eigenvalue weighted by atomic mass is 35.5. The van der Waals surface area contributed by atoms with Crippen LogP contribution < -0.4 is 15.0 Å². The predicted octanol–water partition coefficient (Wildman–Crippen LogP) is 4.48. The van der Waals surface area contributed by atoms with Crippen LogP contribution in [0.15, 0.2) is 65.8 Å². The molecule has 164 valence electrons. The molecule has 2 aromatic heterocycles. The summed E-state index contributed by atoms with van der Waals surface area (Å²) in [5.41, 5.74) is 0.964. The number of rotatable bonds is 6. The lowest BCUT2D eigenvalue weighted by molar-refractivity contribution is -0.274. The topological polar surface area (TPSA) is 79.1 Å². The number of ether oxygens (including phenoxy) is 2. The number of hydrogen-bond donors (Lipinski definition) is 0. The molecule has 0 amide bonds. The monoisotopic (exact) mass is 462 g/mol. The quantitative estimate of drug-likeness (QED) is 0.420. The minimum absolute atomic E-state index is 0.112. The molecule has 0 atom stereocenters. The lowest BCUT2D eigenvalue weighted by Gasteiger charge is -2.10. The summed E-state index contributed by atoms with van der Waals surface area (Å²) in [5, 5.41) is 5.56. The van der Waals surface area contributed by atoms with Crippen LogP contribution in [-0.2, 0) is 6.54 Å². The largest absolute Gasteiger partial charge is 0.573 e. The Labute approximate surface area is 184 Å². The van der Waals surface area contributed by atoms with Crippen molar-refractivity contribution in [3.05, 3.63) is 76.4 Å². The minimum atomic E-state index is -4.76. The van der Waals surface area contributed by atoms with Gasteiger partial charge in [0, 0.05) is 5.39 Å². The fraction of sp³-hybridized carbons (Fsp3) is 0.143. The first-order valence-electron chi connectivity index (χ1n) is 9.25. The fourth-order valence-electron chi connectivity index (χ4n) is 2.96. The molecule has 4 aromatic rings. The van der Waals surface area contributed by atoms with Crippen molar-refractivity contribution < 1.29 is 22.6 Å². The Balaban J connectivity index is 1.53. The summed E-state index contributed by atoms with van der Waals surface area (Å²) in [6, 6.07) is 10.7. The van der Waals surface area contributed by atoms with Crippen molar-refractivity contribution in [1.82, 2.24) is 19.7 Å². The Morgan fingerprint density at radius 1 is 0.969 bits per heavy atom. The summed E-state index contributed by atoms with van der Waals surface area (Å²) >= 11 is 5.72. The number of benzene rings is 2. The Morgan fingerprint density at radius 3 is 2.34 bits per heavy atom. The highest BCUT2D eigenvalue weighted by Crippen LogP contribution is 2.27. The summed E-state index contributed by atoms with van der Waals surface area (Å²) in [5.74, 6) is -0.321. The fourth-order valence-corrected chi connectivity index (χ4v) is 3.06. The van der Waals surface area contributed by atoms with Crippen LogP contribution in [0.2, 0.25) is 5.02 Å². The first kappa shape index (κ1) is 21.6. The molecule has 0 aliphatic heterocycles. The van der Waals surface area contributed by atoms with Gasteiger partial charge in [0.25, 0.3) is 5.56 Å². The van der Waals surface area contributed by atoms with E-state index < -0.39 is 6.36 Å². The molecule has 0 saturated carbocycles. The number of hydrogen-bond acceptors (Lipinski definition) is 6. The second-order valence-corrected chi connectivity index (χ2v) is 7.02. The molecule has 0 radical (unpaired) electrons. The molecule has 0 N–H and O–H groups in total. The van der Waals surface area contributed by atoms with Crippen LogP contribution in [0.4, 0.5) is 13.2 Å². The zero-order valence-electron chi connectivity index (χ0n) is 16.2. The van der Waals surface area contributed by atoms with E-state index >= 15 is 0 Å². The summed E-state index contributed by atoms with van der Waals surface area (Å²) in [6.07, 6.45) is -0.410. The maximum absolute atomic E-state index is 12.9. The highest BCUT2D eigenvalue weighted by molar-refractivity contribution is 6.30. The van der Waals surface area contributed by atoms with E-state index in [2.05, 4.69) is 19.8 Å². The van der Waals surface area contributed by atoms with Gasteiger partial charge in [-0.15, -0.1) is 13.2 Å². The Kier molecular flexibility index (Phi) is 5.95. The van der Waals surface area contributed by atoms with Gasteiger partial charge in [0.2, 0.25) is 0 Å². The van der Waals surface area contributed by atoms with E-state index in [9.17, 15) is 18.0 Å². The lowest BCUT2D eigenvalue weighted by atomic mass is 10.0. The van der Waals surface area contributed by atoms with E-state index in [0.29, 0.717) is 26.9 Å². The van der Waals surface area contributed by atoms with Crippen molar-refractivity contribution in [1.29, 1.82) is 0 Å². The van der Waals surface area contributed by atoms with Crippen LogP contribution in [0.5, 0.6) is 11.8 Å². The molecule has 2 aromatic carbocycles. The average molecular weight is 463 g/mol. The van der Waals surface area contributed by atoms with E-state index in [0.717, 1.165) is 0 Å². The molecule has 0 unspecified atom stereocenters. The van der Waals surface area contributed by atoms with Crippen molar-refractivity contribution in [3.63, 3.8) is 0 Å². The van der Waals surface area contributed by atoms with Crippen molar-refractivity contribution >= 4 is 22.4 Å². The third-order valence-electron chi connectivity index (χ3n) is 4.41. The van der Waals surface area contributed by atoms with Crippen LogP contribution in [-0.4, -0.2) is 32.7 Å². The van der Waals surface area contributed by atoms with Crippen LogP contribution >= 0.6 is 11.6 Å². The van der Waals surface area contributed by atoms with Crippen molar-refractivity contribution in [2.45, 2.75) is 12.9 Å². The average Bonchev–Trinajstić information content (AvgIpc) is 2.76. The Bertz CT molecular complexity index is 1290. The van der Waals surface area contributed by atoms with E-state index in [1.807, 2.05) is 0 Å². The third-order valence-corrected chi connectivity index (χ3v) is 4.60. The third kappa shape index (κ3) is 5.14. The summed E-state index contributed by atoms with van der Waals surface area (Å²) < 4.78 is 47.5. The number of halogens is 4. The van der Waals surface area contributed by atoms with Gasteiger partial charge in [0.05, 0.1) is 35.5 Å². The van der Waals surface area contributed by atoms with Gasteiger partial charge in [0.15, 0.2) is 0 Å². The van der Waals surface area contributed by atoms with E-state index in [1.165, 1.54) is 41.3 Å². The molecular formula is C21H14ClF3N4O3. The maximum Gasteiger partial charge on any atom is 0.573 e. The summed E-state index contributed by atoms with van der Waals surface area (Å²) in [7, 11) is 0. The number of fused-ring (bicyclic) bond motifs is 1. The SMILES string of the molecule is O=c1c2cc(-c3ccc(OC(F)(F)F)cc3)ccc2cnn1CCOc1ncc(Cl)cn1. The van der Waals surface area contributed by atoms with Crippen molar-refractivity contribution in [3.8, 4) is 22.9 Å². The molecule has 4 rings (SSSR count). The lowest BCUT2D eigenvalue weighted by Crippen LogP contribution is -2.25. The van der Waals surface area contributed by atoms with Crippen molar-refractivity contribution in [2.75, 3.05) is 6.61 Å². The van der Waals surface area contributed by atoms with Crippen LogP contribution in [0.25, 0.3) is 21.9 Å². The molecule has 0 spiro atoms. The normalized spacial score (nSPS) is 11.5. The number of aromatic nitrogens is 4. The first-order valence-corrected chi connectivity index (χ1v) is 9.63. The standard InChI is InChI=1S/C21H14ClF3N4O3/c22-16-11-26-20(27-12-16)31-8-7-29-19(30)18-9-14(1-2-15(18)10-28-29)13-3-5-17(6-4-13)32-21(23,24)25/h1-6,9-12H,7-8H2. The van der Waals surface area contributed by atoms with Gasteiger partial charge in [-0.25, -0.2) is 14.6 Å². The van der Waals surface area contributed by atoms with Gasteiger partial charge in [-0.2, -0.15) is 5.10 Å². The van der Waals surface area contributed by atoms with Gasteiger partial charge >= 0.3 is 12.4 Å². The van der Waals surface area contributed by atoms with E-state index in [-0.39, 0.29) is 30.5 Å². The molecule has 0 fully saturated rings. The van der Waals surface area contributed by atoms with Crippen LogP contribution in [0.3, 0.4) is 0 Å². The molecule has 32 heavy (non-hydrogen) atoms. The van der Waals surface area contributed by atoms with Gasteiger partial charge in [-0.05, 0) is 29.3 Å². The number of nitrogens with zero attached hydrogens (tertiary/aromatic N) is 4. The van der Waals surface area contributed by atoms with Gasteiger partial charge < -0.3 is 9.47 Å². The molecule has 0 saturated heterocycles. The molecule has 7 nitrogen and oxygen atoms in total. The van der Waals surface area contributed by atoms with E-state index in [1.54, 1.807) is 24.4 Å². The maximum atomic E-state index is 12.9. The zero-order valence-corrected chi connectivity index (χ0v) is 17.0. The second kappa shape index (κ2) is 8.83. The number of alkyl halides is 3. The first-order chi connectivity index (χ1) is 15.3. The molecule has 0 bridgehead atoms. The highest BCUT2D eigenvalue weighted by Gasteiger charge is 2.30. The Hall–Kier alpha value is -3.66. The summed E-state index contributed by atoms with van der Waals surface area (Å²) in [6.45, 7) is 0.273. The molecule has 2 heterocycles. The molecule has 0 aliphatic carbocycles. The molecule has 0 aliphatic rings. The molecular weight excluding hydrogens is 449 g/mol. The van der Waals surface area contributed by atoms with Gasteiger partial charge in [0.1, 0.15) is 12.4 Å². The summed E-state index contributed by atoms with van der Waals surface area (Å²) in [4.78, 5) is 20.7. The van der Waals surface area contributed by atoms with Crippen LogP contribution in [0, 0.1) is 0 Å². The molecule has 11 heteroatoms. The Morgan fingerprint density at radius 2 is 1.66 bits per heavy atom. The predicted molar refractivity (Wildman–Crippen MR) is 111 cm³/mol. The minimum Gasteiger partial charge on any atom is -0.461 e. The smallest absolute Gasteiger partial charge is 0.461 e. The zero-order chi connectivity index (χ0) is 22.7. The van der Waals surface area contributed by atoms with E-state index in [4.69, 9.17) is 16.3 Å². The van der Waals surface area contributed by atoms with Crippen molar-refractivity contribution in [2.24, 2.45) is 0 Å². The second-order valence-electron chi connectivity index (χ2n) is 6.58.